The SMILES string of the molecule is CC(C)CC1(CNc2ncc(F)cn2)CCCC1. The summed E-state index contributed by atoms with van der Waals surface area (Å²) in [5.41, 5.74) is 0.381. The lowest BCUT2D eigenvalue weighted by molar-refractivity contribution is 0.252. The lowest BCUT2D eigenvalue weighted by Gasteiger charge is -2.31. The molecule has 1 aliphatic carbocycles. The van der Waals surface area contributed by atoms with Gasteiger partial charge in [-0.3, -0.25) is 0 Å². The van der Waals surface area contributed by atoms with Gasteiger partial charge in [-0.2, -0.15) is 0 Å². The zero-order chi connectivity index (χ0) is 13.0. The molecule has 0 aromatic carbocycles. The van der Waals surface area contributed by atoms with Crippen LogP contribution in [0.5, 0.6) is 0 Å². The standard InChI is InChI=1S/C14H22FN3/c1-11(2)7-14(5-3-4-6-14)10-18-13-16-8-12(15)9-17-13/h8-9,11H,3-7,10H2,1-2H3,(H,16,17,18). The normalized spacial score (nSPS) is 18.2. The van der Waals surface area contributed by atoms with Gasteiger partial charge in [-0.1, -0.05) is 26.7 Å². The summed E-state index contributed by atoms with van der Waals surface area (Å²) in [6, 6.07) is 0. The molecule has 1 aliphatic rings. The molecule has 0 saturated heterocycles. The van der Waals surface area contributed by atoms with E-state index in [2.05, 4.69) is 29.1 Å². The number of hydrogen-bond acceptors (Lipinski definition) is 3. The van der Waals surface area contributed by atoms with Crippen molar-refractivity contribution in [3.05, 3.63) is 18.2 Å². The Balaban J connectivity index is 1.95. The van der Waals surface area contributed by atoms with Crippen LogP contribution in [0.4, 0.5) is 10.3 Å². The lowest BCUT2D eigenvalue weighted by atomic mass is 9.78. The predicted molar refractivity (Wildman–Crippen MR) is 70.8 cm³/mol. The third kappa shape index (κ3) is 3.40. The summed E-state index contributed by atoms with van der Waals surface area (Å²) in [6.07, 6.45) is 8.84. The maximum absolute atomic E-state index is 12.7. The minimum atomic E-state index is -0.390. The van der Waals surface area contributed by atoms with E-state index in [0.717, 1.165) is 6.54 Å². The van der Waals surface area contributed by atoms with Gasteiger partial charge in [0.2, 0.25) is 5.95 Å². The van der Waals surface area contributed by atoms with Gasteiger partial charge in [0.1, 0.15) is 0 Å². The monoisotopic (exact) mass is 251 g/mol. The van der Waals surface area contributed by atoms with Crippen molar-refractivity contribution in [1.82, 2.24) is 9.97 Å². The summed E-state index contributed by atoms with van der Waals surface area (Å²) in [5, 5.41) is 3.27. The predicted octanol–water partition coefficient (Wildman–Crippen LogP) is 3.63. The van der Waals surface area contributed by atoms with Crippen LogP contribution in [0, 0.1) is 17.2 Å². The van der Waals surface area contributed by atoms with Gasteiger partial charge in [-0.15, -0.1) is 0 Å². The molecule has 0 bridgehead atoms. The van der Waals surface area contributed by atoms with E-state index >= 15 is 0 Å². The van der Waals surface area contributed by atoms with Crippen LogP contribution in [0.15, 0.2) is 12.4 Å². The number of nitrogens with zero attached hydrogens (tertiary/aromatic N) is 2. The van der Waals surface area contributed by atoms with Gasteiger partial charge in [0.25, 0.3) is 0 Å². The Labute approximate surface area is 108 Å². The first-order chi connectivity index (χ1) is 8.60. The zero-order valence-electron chi connectivity index (χ0n) is 11.2. The highest BCUT2D eigenvalue weighted by Crippen LogP contribution is 2.43. The summed E-state index contributed by atoms with van der Waals surface area (Å²) >= 11 is 0. The smallest absolute Gasteiger partial charge is 0.222 e. The van der Waals surface area contributed by atoms with Crippen LogP contribution in [-0.4, -0.2) is 16.5 Å². The van der Waals surface area contributed by atoms with Gasteiger partial charge in [0.05, 0.1) is 12.4 Å². The minimum absolute atomic E-state index is 0.381. The molecule has 0 unspecified atom stereocenters. The van der Waals surface area contributed by atoms with Gasteiger partial charge >= 0.3 is 0 Å². The molecule has 2 rings (SSSR count). The number of anilines is 1. The molecule has 0 aliphatic heterocycles. The Hall–Kier alpha value is -1.19. The molecule has 0 spiro atoms. The lowest BCUT2D eigenvalue weighted by Crippen LogP contribution is -2.29. The van der Waals surface area contributed by atoms with Crippen LogP contribution in [0.1, 0.15) is 46.0 Å². The Morgan fingerprint density at radius 1 is 1.28 bits per heavy atom. The fourth-order valence-electron chi connectivity index (χ4n) is 3.11. The highest BCUT2D eigenvalue weighted by atomic mass is 19.1. The first-order valence-corrected chi connectivity index (χ1v) is 6.81. The van der Waals surface area contributed by atoms with Crippen molar-refractivity contribution in [3.8, 4) is 0 Å². The summed E-state index contributed by atoms with van der Waals surface area (Å²) < 4.78 is 12.7. The van der Waals surface area contributed by atoms with Crippen molar-refractivity contribution >= 4 is 5.95 Å². The Morgan fingerprint density at radius 2 is 1.89 bits per heavy atom. The average molecular weight is 251 g/mol. The summed E-state index contributed by atoms with van der Waals surface area (Å²) in [4.78, 5) is 7.90. The molecular formula is C14H22FN3. The van der Waals surface area contributed by atoms with Crippen molar-refractivity contribution in [2.24, 2.45) is 11.3 Å². The third-order valence-electron chi connectivity index (χ3n) is 3.75. The second-order valence-corrected chi connectivity index (χ2v) is 5.88. The Morgan fingerprint density at radius 3 is 2.44 bits per heavy atom. The molecule has 1 saturated carbocycles. The van der Waals surface area contributed by atoms with E-state index in [9.17, 15) is 4.39 Å². The molecule has 1 aromatic heterocycles. The highest BCUT2D eigenvalue weighted by Gasteiger charge is 2.34. The average Bonchev–Trinajstić information content (AvgIpc) is 2.76. The maximum Gasteiger partial charge on any atom is 0.222 e. The number of nitrogens with one attached hydrogen (secondary N) is 1. The van der Waals surface area contributed by atoms with E-state index in [0.29, 0.717) is 17.3 Å². The first kappa shape index (κ1) is 13.2. The van der Waals surface area contributed by atoms with Crippen LogP contribution >= 0.6 is 0 Å². The van der Waals surface area contributed by atoms with Crippen LogP contribution in [-0.2, 0) is 0 Å². The third-order valence-corrected chi connectivity index (χ3v) is 3.75. The van der Waals surface area contributed by atoms with Crippen molar-refractivity contribution in [2.75, 3.05) is 11.9 Å². The van der Waals surface area contributed by atoms with Gasteiger partial charge < -0.3 is 5.32 Å². The Kier molecular flexibility index (Phi) is 4.15. The summed E-state index contributed by atoms with van der Waals surface area (Å²) in [6.45, 7) is 5.44. The molecule has 4 heteroatoms. The van der Waals surface area contributed by atoms with E-state index in [1.165, 1.54) is 44.5 Å². The second-order valence-electron chi connectivity index (χ2n) is 5.88. The van der Waals surface area contributed by atoms with Gasteiger partial charge in [-0.05, 0) is 30.6 Å². The van der Waals surface area contributed by atoms with Crippen molar-refractivity contribution in [3.63, 3.8) is 0 Å². The van der Waals surface area contributed by atoms with Crippen molar-refractivity contribution < 1.29 is 4.39 Å². The van der Waals surface area contributed by atoms with Crippen LogP contribution < -0.4 is 5.32 Å². The Bertz CT molecular complexity index is 369. The second kappa shape index (κ2) is 5.63. The number of hydrogen-bond donors (Lipinski definition) is 1. The first-order valence-electron chi connectivity index (χ1n) is 6.81. The molecule has 3 nitrogen and oxygen atoms in total. The van der Waals surface area contributed by atoms with Crippen molar-refractivity contribution in [1.29, 1.82) is 0 Å². The quantitative estimate of drug-likeness (QED) is 0.868. The molecule has 1 N–H and O–H groups in total. The van der Waals surface area contributed by atoms with Crippen LogP contribution in [0.3, 0.4) is 0 Å². The van der Waals surface area contributed by atoms with E-state index in [1.807, 2.05) is 0 Å². The largest absolute Gasteiger partial charge is 0.354 e. The highest BCUT2D eigenvalue weighted by molar-refractivity contribution is 5.23. The molecule has 100 valence electrons. The van der Waals surface area contributed by atoms with Crippen molar-refractivity contribution in [2.45, 2.75) is 46.0 Å². The topological polar surface area (TPSA) is 37.8 Å². The van der Waals surface area contributed by atoms with E-state index < -0.39 is 5.82 Å². The molecule has 1 aromatic rings. The van der Waals surface area contributed by atoms with Gasteiger partial charge in [0.15, 0.2) is 5.82 Å². The zero-order valence-corrected chi connectivity index (χ0v) is 11.2. The van der Waals surface area contributed by atoms with Gasteiger partial charge in [0, 0.05) is 6.54 Å². The number of rotatable bonds is 5. The van der Waals surface area contributed by atoms with E-state index in [4.69, 9.17) is 0 Å². The fraction of sp³-hybridized carbons (Fsp3) is 0.714. The number of aromatic nitrogens is 2. The maximum atomic E-state index is 12.7. The molecule has 18 heavy (non-hydrogen) atoms. The molecule has 0 amide bonds. The number of halogens is 1. The molecule has 1 heterocycles. The van der Waals surface area contributed by atoms with Gasteiger partial charge in [-0.25, -0.2) is 14.4 Å². The minimum Gasteiger partial charge on any atom is -0.354 e. The fourth-order valence-corrected chi connectivity index (χ4v) is 3.11. The molecular weight excluding hydrogens is 229 g/mol. The van der Waals surface area contributed by atoms with Crippen LogP contribution in [0.2, 0.25) is 0 Å². The molecule has 0 radical (unpaired) electrons. The van der Waals surface area contributed by atoms with Crippen LogP contribution in [0.25, 0.3) is 0 Å². The van der Waals surface area contributed by atoms with E-state index in [1.54, 1.807) is 0 Å². The molecule has 0 atom stereocenters. The molecule has 1 fully saturated rings. The summed E-state index contributed by atoms with van der Waals surface area (Å²) in [7, 11) is 0. The van der Waals surface area contributed by atoms with E-state index in [-0.39, 0.29) is 0 Å². The summed E-state index contributed by atoms with van der Waals surface area (Å²) in [5.74, 6) is 0.851.